The van der Waals surface area contributed by atoms with Crippen molar-refractivity contribution in [2.24, 2.45) is 5.92 Å². The predicted octanol–water partition coefficient (Wildman–Crippen LogP) is 3.39. The maximum absolute atomic E-state index is 12.4. The van der Waals surface area contributed by atoms with Crippen molar-refractivity contribution in [3.8, 4) is 5.75 Å². The fourth-order valence-electron chi connectivity index (χ4n) is 3.44. The van der Waals surface area contributed by atoms with Gasteiger partial charge < -0.3 is 19.9 Å². The molecule has 1 aromatic carbocycles. The Balaban J connectivity index is 1.43. The van der Waals surface area contributed by atoms with Crippen molar-refractivity contribution < 1.29 is 18.8 Å². The molecule has 3 rings (SSSR count). The summed E-state index contributed by atoms with van der Waals surface area (Å²) in [6.45, 7) is 10.4. The fourth-order valence-corrected chi connectivity index (χ4v) is 3.44. The number of aryl methyl sites for hydroxylation is 2. The Morgan fingerprint density at radius 1 is 1.19 bits per heavy atom. The lowest BCUT2D eigenvalue weighted by Crippen LogP contribution is -2.46. The average Bonchev–Trinajstić information content (AvgIpc) is 3.16. The lowest BCUT2D eigenvalue weighted by Gasteiger charge is -2.31. The monoisotopic (exact) mass is 425 g/mol. The molecule has 2 N–H and O–H groups in total. The lowest BCUT2D eigenvalue weighted by atomic mass is 9.83. The Kier molecular flexibility index (Phi) is 7.15. The Morgan fingerprint density at radius 2 is 1.97 bits per heavy atom. The molecule has 0 spiro atoms. The topological polar surface area (TPSA) is 93.5 Å². The van der Waals surface area contributed by atoms with Crippen LogP contribution in [0.3, 0.4) is 0 Å². The molecule has 31 heavy (non-hydrogen) atoms. The number of amides is 2. The molecule has 1 atom stereocenters. The second-order valence-electron chi connectivity index (χ2n) is 8.59. The number of aromatic nitrogens is 1. The third-order valence-corrected chi connectivity index (χ3v) is 5.51. The second-order valence-corrected chi connectivity index (χ2v) is 8.59. The number of carbonyl (C=O) groups is 2. The molecule has 1 aliphatic carbocycles. The minimum Gasteiger partial charge on any atom is -0.484 e. The Bertz CT molecular complexity index is 990. The summed E-state index contributed by atoms with van der Waals surface area (Å²) in [5.41, 5.74) is 4.76. The number of ether oxygens (including phenoxy) is 1. The van der Waals surface area contributed by atoms with E-state index in [0.29, 0.717) is 36.0 Å². The first-order valence-electron chi connectivity index (χ1n) is 10.6. The maximum atomic E-state index is 12.4. The summed E-state index contributed by atoms with van der Waals surface area (Å²) in [5, 5.41) is 9.80. The first kappa shape index (κ1) is 22.6. The van der Waals surface area contributed by atoms with Crippen LogP contribution < -0.4 is 15.4 Å². The molecular weight excluding hydrogens is 394 g/mol. The minimum atomic E-state index is -0.207. The van der Waals surface area contributed by atoms with E-state index in [-0.39, 0.29) is 24.5 Å². The number of benzene rings is 1. The second kappa shape index (κ2) is 9.81. The Labute approximate surface area is 183 Å². The van der Waals surface area contributed by atoms with E-state index in [9.17, 15) is 9.59 Å². The van der Waals surface area contributed by atoms with Crippen LogP contribution in [-0.4, -0.2) is 29.6 Å². The molecule has 0 bridgehead atoms. The van der Waals surface area contributed by atoms with Gasteiger partial charge in [-0.3, -0.25) is 9.59 Å². The highest BCUT2D eigenvalue weighted by atomic mass is 16.5. The maximum Gasteiger partial charge on any atom is 0.258 e. The van der Waals surface area contributed by atoms with Gasteiger partial charge in [0.2, 0.25) is 5.91 Å². The summed E-state index contributed by atoms with van der Waals surface area (Å²) in [5.74, 6) is 1.45. The number of hydrogen-bond donors (Lipinski definition) is 2. The Morgan fingerprint density at radius 3 is 2.65 bits per heavy atom. The molecule has 0 saturated heterocycles. The summed E-state index contributed by atoms with van der Waals surface area (Å²) >= 11 is 0. The highest BCUT2D eigenvalue weighted by molar-refractivity contribution is 5.96. The van der Waals surface area contributed by atoms with Gasteiger partial charge in [0.15, 0.2) is 12.4 Å². The van der Waals surface area contributed by atoms with E-state index in [0.717, 1.165) is 23.3 Å². The van der Waals surface area contributed by atoms with Crippen LogP contribution in [0.15, 0.2) is 39.9 Å². The summed E-state index contributed by atoms with van der Waals surface area (Å²) in [7, 11) is 0. The highest BCUT2D eigenvalue weighted by Gasteiger charge is 2.31. The zero-order chi connectivity index (χ0) is 22.5. The summed E-state index contributed by atoms with van der Waals surface area (Å²) < 4.78 is 10.8. The van der Waals surface area contributed by atoms with Crippen LogP contribution in [0.5, 0.6) is 5.75 Å². The molecule has 7 nitrogen and oxygen atoms in total. The highest BCUT2D eigenvalue weighted by Crippen LogP contribution is 2.28. The molecule has 7 heteroatoms. The SMILES string of the molecule is CC1=C(C(=O)NCc2cc(CC(C)C)no2)CC1NC(=O)COc1ccc(C)c(C)c1. The average molecular weight is 426 g/mol. The molecule has 0 radical (unpaired) electrons. The number of carbonyl (C=O) groups excluding carboxylic acids is 2. The fraction of sp³-hybridized carbons (Fsp3) is 0.458. The van der Waals surface area contributed by atoms with Crippen molar-refractivity contribution in [3.63, 3.8) is 0 Å². The molecule has 0 saturated carbocycles. The van der Waals surface area contributed by atoms with Crippen LogP contribution in [0, 0.1) is 19.8 Å². The quantitative estimate of drug-likeness (QED) is 0.642. The standard InChI is InChI=1S/C24H31N3O4/c1-14(2)8-18-10-20(31-27-18)12-25-24(29)21-11-22(17(21)5)26-23(28)13-30-19-7-6-15(3)16(4)9-19/h6-7,9-10,14,22H,8,11-13H2,1-5H3,(H,25,29)(H,26,28). The largest absolute Gasteiger partial charge is 0.484 e. The van der Waals surface area contributed by atoms with E-state index in [4.69, 9.17) is 9.26 Å². The van der Waals surface area contributed by atoms with Crippen molar-refractivity contribution in [1.82, 2.24) is 15.8 Å². The van der Waals surface area contributed by atoms with Crippen LogP contribution >= 0.6 is 0 Å². The van der Waals surface area contributed by atoms with Gasteiger partial charge in [-0.2, -0.15) is 0 Å². The number of hydrogen-bond acceptors (Lipinski definition) is 5. The molecule has 2 aromatic rings. The van der Waals surface area contributed by atoms with Crippen molar-refractivity contribution in [2.75, 3.05) is 6.61 Å². The number of nitrogens with zero attached hydrogens (tertiary/aromatic N) is 1. The normalized spacial score (nSPS) is 15.6. The van der Waals surface area contributed by atoms with E-state index in [2.05, 4.69) is 29.6 Å². The zero-order valence-corrected chi connectivity index (χ0v) is 18.9. The smallest absolute Gasteiger partial charge is 0.258 e. The molecular formula is C24H31N3O4. The predicted molar refractivity (Wildman–Crippen MR) is 118 cm³/mol. The molecule has 1 aliphatic rings. The van der Waals surface area contributed by atoms with Gasteiger partial charge in [-0.25, -0.2) is 0 Å². The molecule has 1 heterocycles. The van der Waals surface area contributed by atoms with Crippen molar-refractivity contribution in [2.45, 2.75) is 60.0 Å². The van der Waals surface area contributed by atoms with Gasteiger partial charge in [-0.15, -0.1) is 0 Å². The van der Waals surface area contributed by atoms with E-state index in [1.165, 1.54) is 5.56 Å². The van der Waals surface area contributed by atoms with Crippen molar-refractivity contribution >= 4 is 11.8 Å². The molecule has 0 fully saturated rings. The van der Waals surface area contributed by atoms with Crippen LogP contribution in [0.4, 0.5) is 0 Å². The van der Waals surface area contributed by atoms with E-state index in [1.54, 1.807) is 0 Å². The molecule has 166 valence electrons. The summed E-state index contributed by atoms with van der Waals surface area (Å²) in [6, 6.07) is 7.48. The third-order valence-electron chi connectivity index (χ3n) is 5.51. The first-order valence-corrected chi connectivity index (χ1v) is 10.6. The van der Waals surface area contributed by atoms with E-state index < -0.39 is 0 Å². The van der Waals surface area contributed by atoms with E-state index in [1.807, 2.05) is 45.0 Å². The summed E-state index contributed by atoms with van der Waals surface area (Å²) in [4.78, 5) is 24.6. The van der Waals surface area contributed by atoms with Crippen molar-refractivity contribution in [3.05, 3.63) is 58.0 Å². The van der Waals surface area contributed by atoms with Gasteiger partial charge in [0.05, 0.1) is 18.3 Å². The van der Waals surface area contributed by atoms with Gasteiger partial charge in [0.25, 0.3) is 5.91 Å². The van der Waals surface area contributed by atoms with Gasteiger partial charge in [-0.05, 0) is 61.9 Å². The van der Waals surface area contributed by atoms with Gasteiger partial charge in [0.1, 0.15) is 5.75 Å². The summed E-state index contributed by atoms with van der Waals surface area (Å²) in [6.07, 6.45) is 1.35. The van der Waals surface area contributed by atoms with Crippen LogP contribution in [0.25, 0.3) is 0 Å². The van der Waals surface area contributed by atoms with Crippen LogP contribution in [-0.2, 0) is 22.6 Å². The lowest BCUT2D eigenvalue weighted by molar-refractivity contribution is -0.124. The molecule has 1 aromatic heterocycles. The number of nitrogens with one attached hydrogen (secondary N) is 2. The van der Waals surface area contributed by atoms with E-state index >= 15 is 0 Å². The first-order chi connectivity index (χ1) is 14.7. The van der Waals surface area contributed by atoms with Crippen LogP contribution in [0.2, 0.25) is 0 Å². The van der Waals surface area contributed by atoms with Gasteiger partial charge in [-0.1, -0.05) is 25.1 Å². The number of rotatable bonds is 9. The van der Waals surface area contributed by atoms with Gasteiger partial charge >= 0.3 is 0 Å². The third kappa shape index (κ3) is 5.96. The van der Waals surface area contributed by atoms with Crippen LogP contribution in [0.1, 0.15) is 49.8 Å². The van der Waals surface area contributed by atoms with Crippen molar-refractivity contribution in [1.29, 1.82) is 0 Å². The van der Waals surface area contributed by atoms with Gasteiger partial charge in [0, 0.05) is 18.1 Å². The molecule has 1 unspecified atom stereocenters. The minimum absolute atomic E-state index is 0.0575. The zero-order valence-electron chi connectivity index (χ0n) is 18.9. The Hall–Kier alpha value is -3.09. The molecule has 2 amide bonds. The molecule has 0 aliphatic heterocycles.